The van der Waals surface area contributed by atoms with Gasteiger partial charge >= 0.3 is 92.0 Å². The van der Waals surface area contributed by atoms with E-state index in [1.54, 1.807) is 0 Å². The normalized spacial score (nSPS) is 14.5. The molecular weight excluding hydrogens is 237 g/mol. The van der Waals surface area contributed by atoms with Crippen LogP contribution in [0.5, 0.6) is 0 Å². The summed E-state index contributed by atoms with van der Waals surface area (Å²) in [5.41, 5.74) is 5.97. The van der Waals surface area contributed by atoms with Gasteiger partial charge in [0, 0.05) is 0 Å². The van der Waals surface area contributed by atoms with Gasteiger partial charge in [-0.05, 0) is 0 Å². The third-order valence-electron chi connectivity index (χ3n) is 2.53. The topological polar surface area (TPSA) is 43.1 Å². The van der Waals surface area contributed by atoms with E-state index in [-0.39, 0.29) is 5.91 Å². The molecule has 3 heteroatoms. The van der Waals surface area contributed by atoms with Crippen molar-refractivity contribution in [1.82, 2.24) is 0 Å². The predicted octanol–water partition coefficient (Wildman–Crippen LogP) is 2.73. The first-order valence-corrected chi connectivity index (χ1v) is 9.02. The Labute approximate surface area is 92.2 Å². The van der Waals surface area contributed by atoms with Gasteiger partial charge in [0.25, 0.3) is 0 Å². The van der Waals surface area contributed by atoms with Crippen molar-refractivity contribution in [2.75, 3.05) is 0 Å². The molecule has 14 heavy (non-hydrogen) atoms. The van der Waals surface area contributed by atoms with Gasteiger partial charge in [-0.25, -0.2) is 0 Å². The summed E-state index contributed by atoms with van der Waals surface area (Å²) >= 11 is -0.757. The fourth-order valence-electron chi connectivity index (χ4n) is 1.54. The monoisotopic (exact) mass is 259 g/mol. The maximum absolute atomic E-state index is 10.9. The van der Waals surface area contributed by atoms with Crippen LogP contribution in [0.3, 0.4) is 0 Å². The quantitative estimate of drug-likeness (QED) is 0.578. The molecule has 0 spiro atoms. The zero-order valence-electron chi connectivity index (χ0n) is 9.71. The molecule has 0 saturated heterocycles. The molecule has 0 aromatic carbocycles. The molecule has 82 valence electrons. The number of rotatable bonds is 6. The second-order valence-electron chi connectivity index (χ2n) is 3.41. The molecule has 0 radical (unpaired) electrons. The van der Waals surface area contributed by atoms with E-state index in [0.29, 0.717) is 4.71 Å². The van der Waals surface area contributed by atoms with Crippen molar-refractivity contribution in [3.63, 3.8) is 0 Å². The Morgan fingerprint density at radius 2 is 1.86 bits per heavy atom. The summed E-state index contributed by atoms with van der Waals surface area (Å²) in [6, 6.07) is 0. The van der Waals surface area contributed by atoms with Crippen molar-refractivity contribution in [2.24, 2.45) is 5.73 Å². The minimum absolute atomic E-state index is 0.274. The van der Waals surface area contributed by atoms with E-state index >= 15 is 0 Å². The van der Waals surface area contributed by atoms with Crippen molar-refractivity contribution >= 4 is 20.6 Å². The summed E-state index contributed by atoms with van der Waals surface area (Å²) in [6.07, 6.45) is 3.25. The molecule has 0 saturated carbocycles. The second kappa shape index (κ2) is 7.11. The molecule has 0 rings (SSSR count). The van der Waals surface area contributed by atoms with Crippen LogP contribution >= 0.6 is 0 Å². The van der Waals surface area contributed by atoms with Gasteiger partial charge in [0.15, 0.2) is 0 Å². The van der Waals surface area contributed by atoms with Gasteiger partial charge in [0.2, 0.25) is 0 Å². The van der Waals surface area contributed by atoms with Crippen LogP contribution in [0.1, 0.15) is 34.1 Å². The molecule has 0 aliphatic heterocycles. The first-order valence-electron chi connectivity index (χ1n) is 5.29. The van der Waals surface area contributed by atoms with Gasteiger partial charge in [-0.1, -0.05) is 0 Å². The van der Waals surface area contributed by atoms with Crippen molar-refractivity contribution in [3.05, 3.63) is 11.6 Å². The summed E-state index contributed by atoms with van der Waals surface area (Å²) in [4.78, 5) is 10.9. The minimum atomic E-state index is -0.757. The molecule has 0 heterocycles. The molecular formula is C11H22AsNO. The number of allylic oxidation sites excluding steroid dienone is 1. The Bertz CT molecular complexity index is 209. The van der Waals surface area contributed by atoms with Crippen molar-refractivity contribution in [1.29, 1.82) is 0 Å². The molecule has 0 aromatic heterocycles. The Morgan fingerprint density at radius 1 is 1.36 bits per heavy atom. The van der Waals surface area contributed by atoms with Crippen LogP contribution in [0.25, 0.3) is 0 Å². The van der Waals surface area contributed by atoms with Gasteiger partial charge < -0.3 is 0 Å². The Morgan fingerprint density at radius 3 is 2.14 bits per heavy atom. The number of amides is 1. The average molecular weight is 259 g/mol. The van der Waals surface area contributed by atoms with Crippen LogP contribution in [0.4, 0.5) is 0 Å². The standard InChI is InChI=1S/C11H22AsNO/c1-5-10(12(6-2)7-3)8-9(4)11(13)14/h8,10H,5-7H2,1-4H3,(H2,13,14). The summed E-state index contributed by atoms with van der Waals surface area (Å²) < 4.78 is 0.644. The van der Waals surface area contributed by atoms with Crippen LogP contribution in [-0.4, -0.2) is 20.6 Å². The average Bonchev–Trinajstić information content (AvgIpc) is 2.17. The van der Waals surface area contributed by atoms with Crippen LogP contribution in [-0.2, 0) is 4.79 Å². The number of carbonyl (C=O) groups excluding carboxylic acids is 1. The van der Waals surface area contributed by atoms with Gasteiger partial charge in [-0.15, -0.1) is 0 Å². The fraction of sp³-hybridized carbons (Fsp3) is 0.727. The first kappa shape index (κ1) is 13.8. The molecule has 0 aromatic rings. The maximum atomic E-state index is 10.9. The molecule has 0 fully saturated rings. The van der Waals surface area contributed by atoms with Crippen LogP contribution < -0.4 is 5.73 Å². The van der Waals surface area contributed by atoms with E-state index in [0.717, 1.165) is 12.0 Å². The summed E-state index contributed by atoms with van der Waals surface area (Å²) in [7, 11) is 0. The zero-order valence-corrected chi connectivity index (χ0v) is 11.6. The van der Waals surface area contributed by atoms with Crippen molar-refractivity contribution in [3.8, 4) is 0 Å². The molecule has 2 N–H and O–H groups in total. The van der Waals surface area contributed by atoms with Crippen molar-refractivity contribution in [2.45, 2.75) is 49.2 Å². The van der Waals surface area contributed by atoms with Crippen LogP contribution in [0.2, 0.25) is 15.1 Å². The fourth-order valence-corrected chi connectivity index (χ4v) is 6.45. The molecule has 1 amide bonds. The van der Waals surface area contributed by atoms with Crippen molar-refractivity contribution < 1.29 is 4.79 Å². The molecule has 2 nitrogen and oxygen atoms in total. The number of nitrogens with two attached hydrogens (primary N) is 1. The number of primary amides is 1. The Balaban J connectivity index is 4.55. The summed E-state index contributed by atoms with van der Waals surface area (Å²) in [5.74, 6) is -0.274. The molecule has 0 aliphatic rings. The number of hydrogen-bond acceptors (Lipinski definition) is 1. The number of carbonyl (C=O) groups is 1. The van der Waals surface area contributed by atoms with Gasteiger partial charge in [0.1, 0.15) is 0 Å². The molecule has 0 bridgehead atoms. The summed E-state index contributed by atoms with van der Waals surface area (Å²) in [5, 5.41) is 2.62. The molecule has 1 atom stereocenters. The zero-order chi connectivity index (χ0) is 11.1. The van der Waals surface area contributed by atoms with Crippen LogP contribution in [0.15, 0.2) is 11.6 Å². The van der Waals surface area contributed by atoms with E-state index in [9.17, 15) is 4.79 Å². The number of hydrogen-bond donors (Lipinski definition) is 1. The second-order valence-corrected chi connectivity index (χ2v) is 9.93. The van der Waals surface area contributed by atoms with E-state index in [1.807, 2.05) is 6.92 Å². The Hall–Kier alpha value is -0.232. The molecule has 1 unspecified atom stereocenters. The Kier molecular flexibility index (Phi) is 6.99. The van der Waals surface area contributed by atoms with E-state index in [2.05, 4.69) is 26.8 Å². The third-order valence-corrected chi connectivity index (χ3v) is 8.99. The first-order chi connectivity index (χ1) is 6.56. The summed E-state index contributed by atoms with van der Waals surface area (Å²) in [6.45, 7) is 8.55. The van der Waals surface area contributed by atoms with Gasteiger partial charge in [-0.2, -0.15) is 0 Å². The van der Waals surface area contributed by atoms with E-state index in [1.165, 1.54) is 10.4 Å². The van der Waals surface area contributed by atoms with E-state index in [4.69, 9.17) is 5.73 Å². The van der Waals surface area contributed by atoms with Crippen LogP contribution in [0, 0.1) is 0 Å². The predicted molar refractivity (Wildman–Crippen MR) is 63.7 cm³/mol. The van der Waals surface area contributed by atoms with E-state index < -0.39 is 14.7 Å². The third kappa shape index (κ3) is 4.32. The van der Waals surface area contributed by atoms with Gasteiger partial charge in [0.05, 0.1) is 0 Å². The molecule has 0 aliphatic carbocycles. The van der Waals surface area contributed by atoms with Gasteiger partial charge in [-0.3, -0.25) is 0 Å². The SMILES string of the molecule is CCC(C=C(C)C(N)=O)[As](CC)CC.